The van der Waals surface area contributed by atoms with Gasteiger partial charge < -0.3 is 14.8 Å². The third-order valence-electron chi connectivity index (χ3n) is 3.01. The Labute approximate surface area is 123 Å². The molecule has 0 radical (unpaired) electrons. The Kier molecular flexibility index (Phi) is 6.08. The van der Waals surface area contributed by atoms with Crippen molar-refractivity contribution in [3.63, 3.8) is 0 Å². The number of hydrogen-bond acceptors (Lipinski definition) is 3. The maximum Gasteiger partial charge on any atom is 0.166 e. The fourth-order valence-electron chi connectivity index (χ4n) is 1.66. The molecule has 0 aliphatic carbocycles. The summed E-state index contributed by atoms with van der Waals surface area (Å²) in [6.07, 6.45) is 0.921. The first-order chi connectivity index (χ1) is 9.37. The summed E-state index contributed by atoms with van der Waals surface area (Å²) in [6.45, 7) is 13.8. The van der Waals surface area contributed by atoms with Gasteiger partial charge in [0.1, 0.15) is 6.61 Å². The van der Waals surface area contributed by atoms with Crippen molar-refractivity contribution in [1.82, 2.24) is 5.32 Å². The number of nitrogens with one attached hydrogen (secondary N) is 1. The van der Waals surface area contributed by atoms with Crippen molar-refractivity contribution in [2.75, 3.05) is 13.7 Å². The summed E-state index contributed by atoms with van der Waals surface area (Å²) in [5, 5.41) is 3.47. The lowest BCUT2D eigenvalue weighted by Crippen LogP contribution is -2.35. The van der Waals surface area contributed by atoms with Crippen LogP contribution in [-0.4, -0.2) is 19.3 Å². The van der Waals surface area contributed by atoms with Crippen LogP contribution < -0.4 is 14.8 Å². The van der Waals surface area contributed by atoms with E-state index in [1.807, 2.05) is 12.1 Å². The standard InChI is InChI=1S/C17H27NO2/c1-7-13(2)12-20-16-14(11-18-17(3,4)5)9-8-10-15(16)19-6/h8-10,18H,2,7,11-12H2,1,3-6H3. The summed E-state index contributed by atoms with van der Waals surface area (Å²) in [6, 6.07) is 5.97. The lowest BCUT2D eigenvalue weighted by molar-refractivity contribution is 0.311. The normalized spacial score (nSPS) is 11.2. The van der Waals surface area contributed by atoms with Crippen LogP contribution in [0.1, 0.15) is 39.7 Å². The number of para-hydroxylation sites is 1. The van der Waals surface area contributed by atoms with Gasteiger partial charge in [-0.15, -0.1) is 0 Å². The van der Waals surface area contributed by atoms with Crippen molar-refractivity contribution in [3.8, 4) is 11.5 Å². The average Bonchev–Trinajstić information content (AvgIpc) is 2.41. The van der Waals surface area contributed by atoms with Gasteiger partial charge in [-0.1, -0.05) is 25.6 Å². The summed E-state index contributed by atoms with van der Waals surface area (Å²) in [4.78, 5) is 0. The summed E-state index contributed by atoms with van der Waals surface area (Å²) in [5.74, 6) is 1.57. The SMILES string of the molecule is C=C(CC)COc1c(CNC(C)(C)C)cccc1OC. The molecule has 112 valence electrons. The predicted molar refractivity (Wildman–Crippen MR) is 84.5 cm³/mol. The molecule has 0 fully saturated rings. The van der Waals surface area contributed by atoms with Crippen LogP contribution in [0.4, 0.5) is 0 Å². The zero-order chi connectivity index (χ0) is 15.2. The Balaban J connectivity index is 2.89. The molecule has 0 atom stereocenters. The molecule has 3 heteroatoms. The van der Waals surface area contributed by atoms with E-state index < -0.39 is 0 Å². The van der Waals surface area contributed by atoms with E-state index in [2.05, 4.69) is 45.7 Å². The number of hydrogen-bond donors (Lipinski definition) is 1. The number of benzene rings is 1. The molecular weight excluding hydrogens is 250 g/mol. The van der Waals surface area contributed by atoms with E-state index in [0.29, 0.717) is 6.61 Å². The highest BCUT2D eigenvalue weighted by atomic mass is 16.5. The third-order valence-corrected chi connectivity index (χ3v) is 3.01. The van der Waals surface area contributed by atoms with Crippen molar-refractivity contribution in [2.24, 2.45) is 0 Å². The quantitative estimate of drug-likeness (QED) is 0.766. The van der Waals surface area contributed by atoms with Crippen molar-refractivity contribution in [3.05, 3.63) is 35.9 Å². The first kappa shape index (κ1) is 16.6. The molecule has 0 aliphatic heterocycles. The Hall–Kier alpha value is -1.48. The smallest absolute Gasteiger partial charge is 0.166 e. The van der Waals surface area contributed by atoms with Gasteiger partial charge in [0.15, 0.2) is 11.5 Å². The zero-order valence-corrected chi connectivity index (χ0v) is 13.4. The predicted octanol–water partition coefficient (Wildman–Crippen LogP) is 3.93. The maximum absolute atomic E-state index is 5.91. The van der Waals surface area contributed by atoms with Gasteiger partial charge in [-0.3, -0.25) is 0 Å². The average molecular weight is 277 g/mol. The van der Waals surface area contributed by atoms with Crippen molar-refractivity contribution in [2.45, 2.75) is 46.2 Å². The first-order valence-electron chi connectivity index (χ1n) is 7.07. The van der Waals surface area contributed by atoms with Gasteiger partial charge in [-0.05, 0) is 38.8 Å². The molecule has 0 amide bonds. The van der Waals surface area contributed by atoms with Crippen LogP contribution in [0.5, 0.6) is 11.5 Å². The van der Waals surface area contributed by atoms with Crippen LogP contribution in [0, 0.1) is 0 Å². The minimum atomic E-state index is 0.0629. The molecule has 1 aromatic rings. The Morgan fingerprint density at radius 1 is 1.30 bits per heavy atom. The number of methoxy groups -OCH3 is 1. The first-order valence-corrected chi connectivity index (χ1v) is 7.07. The maximum atomic E-state index is 5.91. The van der Waals surface area contributed by atoms with Crippen LogP contribution >= 0.6 is 0 Å². The molecule has 0 saturated heterocycles. The van der Waals surface area contributed by atoms with E-state index in [0.717, 1.165) is 35.6 Å². The van der Waals surface area contributed by atoms with Gasteiger partial charge in [0, 0.05) is 17.6 Å². The van der Waals surface area contributed by atoms with Crippen LogP contribution in [-0.2, 0) is 6.54 Å². The molecule has 3 nitrogen and oxygen atoms in total. The van der Waals surface area contributed by atoms with Gasteiger partial charge in [0.05, 0.1) is 7.11 Å². The summed E-state index contributed by atoms with van der Waals surface area (Å²) >= 11 is 0. The molecular formula is C17H27NO2. The molecule has 0 bridgehead atoms. The van der Waals surface area contributed by atoms with E-state index >= 15 is 0 Å². The van der Waals surface area contributed by atoms with Crippen LogP contribution in [0.3, 0.4) is 0 Å². The van der Waals surface area contributed by atoms with Crippen LogP contribution in [0.2, 0.25) is 0 Å². The highest BCUT2D eigenvalue weighted by Gasteiger charge is 2.14. The zero-order valence-electron chi connectivity index (χ0n) is 13.4. The molecule has 0 saturated carbocycles. The number of rotatable bonds is 7. The second-order valence-corrected chi connectivity index (χ2v) is 5.94. The minimum absolute atomic E-state index is 0.0629. The Morgan fingerprint density at radius 3 is 2.55 bits per heavy atom. The fraction of sp³-hybridized carbons (Fsp3) is 0.529. The number of ether oxygens (including phenoxy) is 2. The van der Waals surface area contributed by atoms with E-state index in [1.165, 1.54) is 0 Å². The van der Waals surface area contributed by atoms with Gasteiger partial charge in [-0.2, -0.15) is 0 Å². The second-order valence-electron chi connectivity index (χ2n) is 5.94. The van der Waals surface area contributed by atoms with Crippen molar-refractivity contribution < 1.29 is 9.47 Å². The molecule has 1 aromatic carbocycles. The third kappa shape index (κ3) is 5.25. The van der Waals surface area contributed by atoms with Gasteiger partial charge in [0.25, 0.3) is 0 Å². The molecule has 1 rings (SSSR count). The summed E-state index contributed by atoms with van der Waals surface area (Å²) in [5.41, 5.74) is 2.24. The van der Waals surface area contributed by atoms with Crippen LogP contribution in [0.15, 0.2) is 30.4 Å². The molecule has 0 aliphatic rings. The highest BCUT2D eigenvalue weighted by Crippen LogP contribution is 2.31. The van der Waals surface area contributed by atoms with Crippen molar-refractivity contribution >= 4 is 0 Å². The van der Waals surface area contributed by atoms with Crippen LogP contribution in [0.25, 0.3) is 0 Å². The highest BCUT2D eigenvalue weighted by molar-refractivity contribution is 5.46. The lowest BCUT2D eigenvalue weighted by Gasteiger charge is -2.22. The van der Waals surface area contributed by atoms with Gasteiger partial charge >= 0.3 is 0 Å². The van der Waals surface area contributed by atoms with Gasteiger partial charge in [-0.25, -0.2) is 0 Å². The van der Waals surface area contributed by atoms with E-state index in [4.69, 9.17) is 9.47 Å². The molecule has 0 aromatic heterocycles. The Morgan fingerprint density at radius 2 is 2.00 bits per heavy atom. The topological polar surface area (TPSA) is 30.5 Å². The lowest BCUT2D eigenvalue weighted by atomic mass is 10.1. The Bertz CT molecular complexity index is 447. The van der Waals surface area contributed by atoms with Crippen molar-refractivity contribution in [1.29, 1.82) is 0 Å². The fourth-order valence-corrected chi connectivity index (χ4v) is 1.66. The van der Waals surface area contributed by atoms with Gasteiger partial charge in [0.2, 0.25) is 0 Å². The second kappa shape index (κ2) is 7.34. The van der Waals surface area contributed by atoms with E-state index in [9.17, 15) is 0 Å². The molecule has 0 unspecified atom stereocenters. The van der Waals surface area contributed by atoms with E-state index in [1.54, 1.807) is 7.11 Å². The molecule has 1 N–H and O–H groups in total. The largest absolute Gasteiger partial charge is 0.493 e. The van der Waals surface area contributed by atoms with E-state index in [-0.39, 0.29) is 5.54 Å². The summed E-state index contributed by atoms with van der Waals surface area (Å²) in [7, 11) is 1.66. The monoisotopic (exact) mass is 277 g/mol. The minimum Gasteiger partial charge on any atom is -0.493 e. The summed E-state index contributed by atoms with van der Waals surface area (Å²) < 4.78 is 11.3. The molecule has 0 heterocycles. The molecule has 0 spiro atoms. The molecule has 20 heavy (non-hydrogen) atoms.